The van der Waals surface area contributed by atoms with Gasteiger partial charge in [-0.2, -0.15) is 0 Å². The second-order valence-corrected chi connectivity index (χ2v) is 6.36. The number of benzene rings is 1. The summed E-state index contributed by atoms with van der Waals surface area (Å²) in [6, 6.07) is 6.53. The minimum atomic E-state index is -0.205. The van der Waals surface area contributed by atoms with Crippen LogP contribution in [-0.2, 0) is 6.54 Å². The molecule has 1 aliphatic rings. The molecule has 5 heteroatoms. The molecule has 0 bridgehead atoms. The van der Waals surface area contributed by atoms with Gasteiger partial charge in [-0.25, -0.2) is 4.39 Å². The average Bonchev–Trinajstić information content (AvgIpc) is 2.57. The second kappa shape index (κ2) is 9.50. The van der Waals surface area contributed by atoms with Crippen molar-refractivity contribution >= 4 is 5.96 Å². The van der Waals surface area contributed by atoms with Crippen LogP contribution < -0.4 is 10.6 Å². The Morgan fingerprint density at radius 2 is 1.91 bits per heavy atom. The minimum Gasteiger partial charge on any atom is -0.356 e. The summed E-state index contributed by atoms with van der Waals surface area (Å²) in [4.78, 5) is 6.77. The number of hydrogen-bond acceptors (Lipinski definition) is 2. The molecular formula is C18H29FN4. The van der Waals surface area contributed by atoms with E-state index in [1.54, 1.807) is 19.2 Å². The summed E-state index contributed by atoms with van der Waals surface area (Å²) in [6.45, 7) is 7.51. The molecule has 0 aromatic heterocycles. The summed E-state index contributed by atoms with van der Waals surface area (Å²) < 4.78 is 12.9. The molecule has 0 unspecified atom stereocenters. The Morgan fingerprint density at radius 1 is 1.22 bits per heavy atom. The van der Waals surface area contributed by atoms with Gasteiger partial charge in [-0.1, -0.05) is 19.1 Å². The second-order valence-electron chi connectivity index (χ2n) is 6.36. The largest absolute Gasteiger partial charge is 0.356 e. The van der Waals surface area contributed by atoms with Crippen molar-refractivity contribution in [1.29, 1.82) is 0 Å². The molecule has 2 rings (SSSR count). The van der Waals surface area contributed by atoms with Gasteiger partial charge < -0.3 is 15.5 Å². The number of aliphatic imine (C=N–C) groups is 1. The number of guanidine groups is 1. The molecule has 2 N–H and O–H groups in total. The number of likely N-dealkylation sites (tertiary alicyclic amines) is 1. The summed E-state index contributed by atoms with van der Waals surface area (Å²) in [6.07, 6.45) is 3.77. The molecule has 0 aliphatic carbocycles. The lowest BCUT2D eigenvalue weighted by Crippen LogP contribution is -2.39. The summed E-state index contributed by atoms with van der Waals surface area (Å²) >= 11 is 0. The number of piperidine rings is 1. The predicted molar refractivity (Wildman–Crippen MR) is 94.1 cm³/mol. The average molecular weight is 320 g/mol. The first-order valence-corrected chi connectivity index (χ1v) is 8.58. The molecule has 0 spiro atoms. The standard InChI is InChI=1S/C18H29FN4/c1-15-8-12-23(13-9-15)11-3-10-21-18(20-2)22-14-16-4-6-17(19)7-5-16/h4-7,15H,3,8-14H2,1-2H3,(H2,20,21,22). The van der Waals surface area contributed by atoms with Crippen LogP contribution in [0.4, 0.5) is 4.39 Å². The van der Waals surface area contributed by atoms with E-state index >= 15 is 0 Å². The zero-order chi connectivity index (χ0) is 16.5. The van der Waals surface area contributed by atoms with Gasteiger partial charge >= 0.3 is 0 Å². The van der Waals surface area contributed by atoms with Gasteiger partial charge in [0.15, 0.2) is 5.96 Å². The van der Waals surface area contributed by atoms with Crippen LogP contribution in [0.3, 0.4) is 0 Å². The smallest absolute Gasteiger partial charge is 0.191 e. The number of nitrogens with one attached hydrogen (secondary N) is 2. The van der Waals surface area contributed by atoms with E-state index in [0.717, 1.165) is 37.0 Å². The van der Waals surface area contributed by atoms with Crippen molar-refractivity contribution in [1.82, 2.24) is 15.5 Å². The third kappa shape index (κ3) is 6.57. The van der Waals surface area contributed by atoms with Crippen LogP contribution in [0.2, 0.25) is 0 Å². The lowest BCUT2D eigenvalue weighted by Gasteiger charge is -2.30. The van der Waals surface area contributed by atoms with E-state index in [0.29, 0.717) is 6.54 Å². The molecule has 1 aromatic rings. The first-order valence-electron chi connectivity index (χ1n) is 8.58. The van der Waals surface area contributed by atoms with E-state index in [1.165, 1.54) is 38.1 Å². The Labute approximate surface area is 139 Å². The maximum Gasteiger partial charge on any atom is 0.191 e. The molecule has 4 nitrogen and oxygen atoms in total. The van der Waals surface area contributed by atoms with Crippen LogP contribution in [-0.4, -0.2) is 44.1 Å². The predicted octanol–water partition coefficient (Wildman–Crippen LogP) is 2.61. The molecule has 23 heavy (non-hydrogen) atoms. The highest BCUT2D eigenvalue weighted by atomic mass is 19.1. The topological polar surface area (TPSA) is 39.7 Å². The SMILES string of the molecule is CN=C(NCCCN1CCC(C)CC1)NCc1ccc(F)cc1. The Bertz CT molecular complexity index is 478. The lowest BCUT2D eigenvalue weighted by molar-refractivity contribution is 0.191. The van der Waals surface area contributed by atoms with Crippen molar-refractivity contribution in [3.63, 3.8) is 0 Å². The number of halogens is 1. The van der Waals surface area contributed by atoms with Crippen molar-refractivity contribution in [2.45, 2.75) is 32.7 Å². The van der Waals surface area contributed by atoms with Crippen molar-refractivity contribution in [3.05, 3.63) is 35.6 Å². The Hall–Kier alpha value is -1.62. The van der Waals surface area contributed by atoms with Gasteiger partial charge in [-0.05, 0) is 62.5 Å². The molecular weight excluding hydrogens is 291 g/mol. The third-order valence-electron chi connectivity index (χ3n) is 4.42. The molecule has 128 valence electrons. The quantitative estimate of drug-likeness (QED) is 0.481. The Morgan fingerprint density at radius 3 is 2.57 bits per heavy atom. The van der Waals surface area contributed by atoms with E-state index in [-0.39, 0.29) is 5.82 Å². The maximum atomic E-state index is 12.9. The van der Waals surface area contributed by atoms with Crippen LogP contribution in [0.1, 0.15) is 31.7 Å². The van der Waals surface area contributed by atoms with Gasteiger partial charge in [0.2, 0.25) is 0 Å². The molecule has 0 amide bonds. The fraction of sp³-hybridized carbons (Fsp3) is 0.611. The summed E-state index contributed by atoms with van der Waals surface area (Å²) in [5.41, 5.74) is 1.04. The van der Waals surface area contributed by atoms with Crippen LogP contribution >= 0.6 is 0 Å². The van der Waals surface area contributed by atoms with Gasteiger partial charge in [0.25, 0.3) is 0 Å². The first kappa shape index (κ1) is 17.7. The molecule has 1 fully saturated rings. The van der Waals surface area contributed by atoms with Crippen LogP contribution in [0, 0.1) is 11.7 Å². The van der Waals surface area contributed by atoms with Crippen LogP contribution in [0.25, 0.3) is 0 Å². The number of rotatable bonds is 6. The molecule has 1 saturated heterocycles. The van der Waals surface area contributed by atoms with Crippen molar-refractivity contribution in [2.24, 2.45) is 10.9 Å². The normalized spacial score (nSPS) is 17.3. The molecule has 0 radical (unpaired) electrons. The summed E-state index contributed by atoms with van der Waals surface area (Å²) in [5, 5.41) is 6.59. The monoisotopic (exact) mass is 320 g/mol. The molecule has 0 saturated carbocycles. The summed E-state index contributed by atoms with van der Waals surface area (Å²) in [7, 11) is 1.77. The fourth-order valence-corrected chi connectivity index (χ4v) is 2.80. The highest BCUT2D eigenvalue weighted by molar-refractivity contribution is 5.79. The van der Waals surface area contributed by atoms with E-state index < -0.39 is 0 Å². The minimum absolute atomic E-state index is 0.205. The van der Waals surface area contributed by atoms with E-state index in [2.05, 4.69) is 27.4 Å². The Balaban J connectivity index is 1.60. The number of hydrogen-bond donors (Lipinski definition) is 2. The summed E-state index contributed by atoms with van der Waals surface area (Å²) in [5.74, 6) is 1.48. The van der Waals surface area contributed by atoms with Crippen LogP contribution in [0.15, 0.2) is 29.3 Å². The molecule has 1 heterocycles. The van der Waals surface area contributed by atoms with Crippen molar-refractivity contribution in [3.8, 4) is 0 Å². The third-order valence-corrected chi connectivity index (χ3v) is 4.42. The Kier molecular flexibility index (Phi) is 7.33. The van der Waals surface area contributed by atoms with Gasteiger partial charge in [0.05, 0.1) is 0 Å². The van der Waals surface area contributed by atoms with Gasteiger partial charge in [-0.3, -0.25) is 4.99 Å². The van der Waals surface area contributed by atoms with E-state index in [9.17, 15) is 4.39 Å². The molecule has 1 aliphatic heterocycles. The zero-order valence-corrected chi connectivity index (χ0v) is 14.3. The van der Waals surface area contributed by atoms with E-state index in [1.807, 2.05) is 0 Å². The highest BCUT2D eigenvalue weighted by Crippen LogP contribution is 2.15. The van der Waals surface area contributed by atoms with Gasteiger partial charge in [-0.15, -0.1) is 0 Å². The molecule has 1 aromatic carbocycles. The van der Waals surface area contributed by atoms with Gasteiger partial charge in [0.1, 0.15) is 5.82 Å². The lowest BCUT2D eigenvalue weighted by atomic mass is 9.99. The van der Waals surface area contributed by atoms with Gasteiger partial charge in [0, 0.05) is 20.1 Å². The first-order chi connectivity index (χ1) is 11.2. The van der Waals surface area contributed by atoms with E-state index in [4.69, 9.17) is 0 Å². The maximum absolute atomic E-state index is 12.9. The fourth-order valence-electron chi connectivity index (χ4n) is 2.80. The number of nitrogens with zero attached hydrogens (tertiary/aromatic N) is 2. The van der Waals surface area contributed by atoms with Crippen LogP contribution in [0.5, 0.6) is 0 Å². The zero-order valence-electron chi connectivity index (χ0n) is 14.3. The van der Waals surface area contributed by atoms with Crippen molar-refractivity contribution < 1.29 is 4.39 Å². The van der Waals surface area contributed by atoms with Crippen molar-refractivity contribution in [2.75, 3.05) is 33.2 Å². The highest BCUT2D eigenvalue weighted by Gasteiger charge is 2.14. The molecule has 0 atom stereocenters.